The summed E-state index contributed by atoms with van der Waals surface area (Å²) in [4.78, 5) is 20.9. The molecule has 5 nitrogen and oxygen atoms in total. The number of rotatable bonds is 5. The highest BCUT2D eigenvalue weighted by Crippen LogP contribution is 2.24. The summed E-state index contributed by atoms with van der Waals surface area (Å²) < 4.78 is 0. The van der Waals surface area contributed by atoms with E-state index in [1.54, 1.807) is 31.2 Å². The van der Waals surface area contributed by atoms with Crippen LogP contribution in [-0.4, -0.2) is 15.9 Å². The Balaban J connectivity index is 1.73. The molecule has 26 heavy (non-hydrogen) atoms. The molecule has 1 aromatic heterocycles. The maximum absolute atomic E-state index is 12.4. The van der Waals surface area contributed by atoms with E-state index >= 15 is 0 Å². The summed E-state index contributed by atoms with van der Waals surface area (Å²) in [5, 5.41) is 7.17. The second-order valence-corrected chi connectivity index (χ2v) is 6.44. The van der Waals surface area contributed by atoms with Crippen LogP contribution in [-0.2, 0) is 6.54 Å². The number of benzene rings is 2. The van der Waals surface area contributed by atoms with Crippen LogP contribution in [0.5, 0.6) is 0 Å². The van der Waals surface area contributed by atoms with Gasteiger partial charge < -0.3 is 10.6 Å². The molecule has 0 radical (unpaired) electrons. The van der Waals surface area contributed by atoms with E-state index in [0.717, 1.165) is 5.56 Å². The lowest BCUT2D eigenvalue weighted by Crippen LogP contribution is -2.24. The van der Waals surface area contributed by atoms with Gasteiger partial charge in [0.15, 0.2) is 0 Å². The van der Waals surface area contributed by atoms with Gasteiger partial charge in [-0.25, -0.2) is 9.97 Å². The lowest BCUT2D eigenvalue weighted by atomic mass is 10.2. The highest BCUT2D eigenvalue weighted by atomic mass is 35.5. The first-order valence-electron chi connectivity index (χ1n) is 7.91. The smallest absolute Gasteiger partial charge is 0.270 e. The molecule has 2 aromatic carbocycles. The first-order chi connectivity index (χ1) is 12.5. The van der Waals surface area contributed by atoms with Crippen LogP contribution in [0.2, 0.25) is 10.0 Å². The molecule has 1 heterocycles. The van der Waals surface area contributed by atoms with Gasteiger partial charge in [-0.1, -0.05) is 47.5 Å². The second-order valence-electron chi connectivity index (χ2n) is 5.60. The molecule has 1 amide bonds. The molecule has 0 unspecified atom stereocenters. The van der Waals surface area contributed by atoms with Crippen molar-refractivity contribution in [3.63, 3.8) is 0 Å². The number of carbonyl (C=O) groups is 1. The van der Waals surface area contributed by atoms with Gasteiger partial charge in [0, 0.05) is 17.6 Å². The third-order valence-corrected chi connectivity index (χ3v) is 4.16. The van der Waals surface area contributed by atoms with Gasteiger partial charge in [-0.05, 0) is 36.8 Å². The Bertz CT molecular complexity index is 929. The van der Waals surface area contributed by atoms with Crippen molar-refractivity contribution in [2.24, 2.45) is 0 Å². The molecule has 0 saturated carbocycles. The zero-order valence-corrected chi connectivity index (χ0v) is 15.5. The van der Waals surface area contributed by atoms with Crippen LogP contribution in [0, 0.1) is 6.92 Å². The van der Waals surface area contributed by atoms with Crippen molar-refractivity contribution in [1.29, 1.82) is 0 Å². The predicted molar refractivity (Wildman–Crippen MR) is 104 cm³/mol. The van der Waals surface area contributed by atoms with Crippen LogP contribution in [0.1, 0.15) is 21.9 Å². The number of aromatic nitrogens is 2. The van der Waals surface area contributed by atoms with Crippen molar-refractivity contribution in [2.75, 3.05) is 5.32 Å². The molecule has 3 aromatic rings. The molecule has 2 N–H and O–H groups in total. The van der Waals surface area contributed by atoms with Crippen LogP contribution < -0.4 is 10.6 Å². The van der Waals surface area contributed by atoms with Gasteiger partial charge in [0.05, 0.1) is 10.7 Å². The first kappa shape index (κ1) is 18.2. The zero-order chi connectivity index (χ0) is 18.5. The topological polar surface area (TPSA) is 66.9 Å². The summed E-state index contributed by atoms with van der Waals surface area (Å²) >= 11 is 12.0. The summed E-state index contributed by atoms with van der Waals surface area (Å²) in [5.74, 6) is 0.702. The van der Waals surface area contributed by atoms with E-state index in [0.29, 0.717) is 33.9 Å². The van der Waals surface area contributed by atoms with Crippen LogP contribution in [0.3, 0.4) is 0 Å². The zero-order valence-electron chi connectivity index (χ0n) is 14.0. The van der Waals surface area contributed by atoms with E-state index in [1.807, 2.05) is 30.3 Å². The second kappa shape index (κ2) is 8.17. The van der Waals surface area contributed by atoms with Crippen molar-refractivity contribution in [3.8, 4) is 0 Å². The van der Waals surface area contributed by atoms with Gasteiger partial charge >= 0.3 is 0 Å². The summed E-state index contributed by atoms with van der Waals surface area (Å²) in [5.41, 5.74) is 1.93. The number of carbonyl (C=O) groups excluding carboxylic acids is 1. The number of nitrogens with one attached hydrogen (secondary N) is 2. The highest BCUT2D eigenvalue weighted by molar-refractivity contribution is 6.33. The minimum atomic E-state index is -0.285. The van der Waals surface area contributed by atoms with Crippen LogP contribution >= 0.6 is 23.2 Å². The summed E-state index contributed by atoms with van der Waals surface area (Å²) in [7, 11) is 0. The molecule has 132 valence electrons. The van der Waals surface area contributed by atoms with Crippen molar-refractivity contribution < 1.29 is 4.79 Å². The number of hydrogen-bond acceptors (Lipinski definition) is 4. The number of amides is 1. The SMILES string of the molecule is Cc1nc(Nc2ccccc2Cl)cc(C(=O)NCc2ccc(Cl)cc2)n1. The van der Waals surface area contributed by atoms with E-state index in [9.17, 15) is 4.79 Å². The first-order valence-corrected chi connectivity index (χ1v) is 8.67. The molecule has 0 aliphatic rings. The summed E-state index contributed by atoms with van der Waals surface area (Å²) in [6, 6.07) is 16.2. The van der Waals surface area contributed by atoms with E-state index in [4.69, 9.17) is 23.2 Å². The fourth-order valence-electron chi connectivity index (χ4n) is 2.32. The minimum Gasteiger partial charge on any atom is -0.347 e. The Labute approximate surface area is 161 Å². The third kappa shape index (κ3) is 4.71. The fourth-order valence-corrected chi connectivity index (χ4v) is 2.63. The number of aryl methyl sites for hydroxylation is 1. The number of hydrogen-bond donors (Lipinski definition) is 2. The molecule has 0 aliphatic heterocycles. The van der Waals surface area contributed by atoms with Gasteiger partial charge in [-0.15, -0.1) is 0 Å². The van der Waals surface area contributed by atoms with Gasteiger partial charge in [0.1, 0.15) is 17.3 Å². The maximum atomic E-state index is 12.4. The molecule has 0 fully saturated rings. The predicted octanol–water partition coefficient (Wildman–Crippen LogP) is 4.77. The fraction of sp³-hybridized carbons (Fsp3) is 0.105. The van der Waals surface area contributed by atoms with Gasteiger partial charge in [0.25, 0.3) is 5.91 Å². The third-order valence-electron chi connectivity index (χ3n) is 3.57. The molecule has 3 rings (SSSR count). The summed E-state index contributed by atoms with van der Waals surface area (Å²) in [6.07, 6.45) is 0. The Kier molecular flexibility index (Phi) is 5.71. The molecule has 7 heteroatoms. The molecular formula is C19H16Cl2N4O. The Morgan fingerprint density at radius 2 is 1.77 bits per heavy atom. The van der Waals surface area contributed by atoms with Crippen LogP contribution in [0.15, 0.2) is 54.6 Å². The lowest BCUT2D eigenvalue weighted by Gasteiger charge is -2.10. The highest BCUT2D eigenvalue weighted by Gasteiger charge is 2.11. The quantitative estimate of drug-likeness (QED) is 0.662. The molecule has 0 bridgehead atoms. The molecule has 0 aliphatic carbocycles. The largest absolute Gasteiger partial charge is 0.347 e. The Morgan fingerprint density at radius 1 is 1.04 bits per heavy atom. The van der Waals surface area contributed by atoms with Crippen LogP contribution in [0.4, 0.5) is 11.5 Å². The van der Waals surface area contributed by atoms with E-state index in [2.05, 4.69) is 20.6 Å². The molecular weight excluding hydrogens is 371 g/mol. The molecule has 0 atom stereocenters. The average molecular weight is 387 g/mol. The Morgan fingerprint density at radius 3 is 2.50 bits per heavy atom. The van der Waals surface area contributed by atoms with Crippen LogP contribution in [0.25, 0.3) is 0 Å². The van der Waals surface area contributed by atoms with Gasteiger partial charge in [-0.3, -0.25) is 4.79 Å². The lowest BCUT2D eigenvalue weighted by molar-refractivity contribution is 0.0945. The number of para-hydroxylation sites is 1. The van der Waals surface area contributed by atoms with E-state index < -0.39 is 0 Å². The van der Waals surface area contributed by atoms with Gasteiger partial charge in [-0.2, -0.15) is 0 Å². The van der Waals surface area contributed by atoms with Gasteiger partial charge in [0.2, 0.25) is 0 Å². The van der Waals surface area contributed by atoms with E-state index in [1.165, 1.54) is 0 Å². The van der Waals surface area contributed by atoms with E-state index in [-0.39, 0.29) is 11.6 Å². The number of halogens is 2. The maximum Gasteiger partial charge on any atom is 0.270 e. The summed E-state index contributed by atoms with van der Waals surface area (Å²) in [6.45, 7) is 2.11. The van der Waals surface area contributed by atoms with Crippen molar-refractivity contribution in [2.45, 2.75) is 13.5 Å². The van der Waals surface area contributed by atoms with Crippen molar-refractivity contribution >= 4 is 40.6 Å². The number of nitrogens with zero attached hydrogens (tertiary/aromatic N) is 2. The van der Waals surface area contributed by atoms with Crippen molar-refractivity contribution in [1.82, 2.24) is 15.3 Å². The Hall–Kier alpha value is -2.63. The molecule has 0 spiro atoms. The minimum absolute atomic E-state index is 0.279. The van der Waals surface area contributed by atoms with Crippen molar-refractivity contribution in [3.05, 3.63) is 81.7 Å². The average Bonchev–Trinajstić information content (AvgIpc) is 2.62. The normalized spacial score (nSPS) is 10.4. The molecule has 0 saturated heterocycles. The monoisotopic (exact) mass is 386 g/mol. The standard InChI is InChI=1S/C19H16Cl2N4O/c1-12-23-17(19(26)22-11-13-6-8-14(20)9-7-13)10-18(24-12)25-16-5-3-2-4-15(16)21/h2-10H,11H2,1H3,(H,22,26)(H,23,24,25). The number of anilines is 2.